The summed E-state index contributed by atoms with van der Waals surface area (Å²) in [6, 6.07) is 17.5. The van der Waals surface area contributed by atoms with Crippen molar-refractivity contribution < 1.29 is 10.2 Å². The van der Waals surface area contributed by atoms with E-state index in [1.54, 1.807) is 6.20 Å². The van der Waals surface area contributed by atoms with Crippen LogP contribution in [0.15, 0.2) is 60.8 Å². The molecule has 1 atom stereocenters. The van der Waals surface area contributed by atoms with E-state index in [-0.39, 0.29) is 6.61 Å². The van der Waals surface area contributed by atoms with Crippen molar-refractivity contribution in [1.29, 1.82) is 0 Å². The highest BCUT2D eigenvalue weighted by atomic mass is 16.3. The third kappa shape index (κ3) is 2.22. The van der Waals surface area contributed by atoms with Crippen molar-refractivity contribution in [2.45, 2.75) is 12.0 Å². The SMILES string of the molecule is OCC(O)(Cc1ccccc1)c1c[nH]c2ccccc12. The Morgan fingerprint density at radius 2 is 1.65 bits per heavy atom. The Morgan fingerprint density at radius 1 is 0.950 bits per heavy atom. The van der Waals surface area contributed by atoms with E-state index in [0.29, 0.717) is 6.42 Å². The number of aromatic nitrogens is 1. The highest BCUT2D eigenvalue weighted by molar-refractivity contribution is 5.84. The van der Waals surface area contributed by atoms with Gasteiger partial charge in [-0.25, -0.2) is 0 Å². The molecule has 0 amide bonds. The molecule has 3 rings (SSSR count). The highest BCUT2D eigenvalue weighted by Crippen LogP contribution is 2.31. The molecular weight excluding hydrogens is 250 g/mol. The largest absolute Gasteiger partial charge is 0.393 e. The van der Waals surface area contributed by atoms with Gasteiger partial charge in [0.1, 0.15) is 5.60 Å². The molecule has 1 unspecified atom stereocenters. The van der Waals surface area contributed by atoms with Crippen LogP contribution in [0.5, 0.6) is 0 Å². The number of nitrogens with one attached hydrogen (secondary N) is 1. The maximum atomic E-state index is 10.9. The summed E-state index contributed by atoms with van der Waals surface area (Å²) in [5.41, 5.74) is 1.41. The molecule has 0 spiro atoms. The molecule has 3 heteroatoms. The van der Waals surface area contributed by atoms with Crippen molar-refractivity contribution in [3.8, 4) is 0 Å². The Balaban J connectivity index is 2.04. The van der Waals surface area contributed by atoms with Crippen molar-refractivity contribution in [1.82, 2.24) is 4.98 Å². The summed E-state index contributed by atoms with van der Waals surface area (Å²) >= 11 is 0. The number of fused-ring (bicyclic) bond motifs is 1. The number of hydrogen-bond donors (Lipinski definition) is 3. The Hall–Kier alpha value is -2.10. The first kappa shape index (κ1) is 12.9. The zero-order chi connectivity index (χ0) is 14.0. The quantitative estimate of drug-likeness (QED) is 0.680. The van der Waals surface area contributed by atoms with Crippen LogP contribution >= 0.6 is 0 Å². The summed E-state index contributed by atoms with van der Waals surface area (Å²) < 4.78 is 0. The highest BCUT2D eigenvalue weighted by Gasteiger charge is 2.31. The molecule has 0 fully saturated rings. The van der Waals surface area contributed by atoms with Crippen LogP contribution in [-0.2, 0) is 12.0 Å². The molecule has 3 N–H and O–H groups in total. The normalized spacial score (nSPS) is 14.3. The van der Waals surface area contributed by atoms with Crippen molar-refractivity contribution in [2.24, 2.45) is 0 Å². The van der Waals surface area contributed by atoms with Crippen LogP contribution in [-0.4, -0.2) is 21.8 Å². The lowest BCUT2D eigenvalue weighted by atomic mass is 9.88. The summed E-state index contributed by atoms with van der Waals surface area (Å²) in [5, 5.41) is 21.5. The van der Waals surface area contributed by atoms with Gasteiger partial charge in [0.15, 0.2) is 0 Å². The van der Waals surface area contributed by atoms with Crippen LogP contribution < -0.4 is 0 Å². The molecule has 0 aliphatic carbocycles. The van der Waals surface area contributed by atoms with Gasteiger partial charge in [-0.05, 0) is 11.6 Å². The van der Waals surface area contributed by atoms with Gasteiger partial charge < -0.3 is 15.2 Å². The molecule has 0 saturated heterocycles. The van der Waals surface area contributed by atoms with Gasteiger partial charge in [0, 0.05) is 29.1 Å². The molecule has 0 saturated carbocycles. The van der Waals surface area contributed by atoms with Gasteiger partial charge in [0.05, 0.1) is 6.61 Å². The minimum absolute atomic E-state index is 0.316. The minimum Gasteiger partial charge on any atom is -0.393 e. The van der Waals surface area contributed by atoms with E-state index in [4.69, 9.17) is 0 Å². The van der Waals surface area contributed by atoms with Crippen molar-refractivity contribution in [3.63, 3.8) is 0 Å². The van der Waals surface area contributed by atoms with Crippen molar-refractivity contribution >= 4 is 10.9 Å². The third-order valence-corrected chi connectivity index (χ3v) is 3.69. The summed E-state index contributed by atoms with van der Waals surface area (Å²) in [5.74, 6) is 0. The predicted molar refractivity (Wildman–Crippen MR) is 79.4 cm³/mol. The van der Waals surface area contributed by atoms with Crippen LogP contribution in [0.3, 0.4) is 0 Å². The van der Waals surface area contributed by atoms with E-state index in [0.717, 1.165) is 22.0 Å². The maximum Gasteiger partial charge on any atom is 0.119 e. The molecule has 1 heterocycles. The fourth-order valence-corrected chi connectivity index (χ4v) is 2.63. The molecule has 0 radical (unpaired) electrons. The Kier molecular flexibility index (Phi) is 3.30. The number of para-hydroxylation sites is 1. The van der Waals surface area contributed by atoms with Gasteiger partial charge in [-0.15, -0.1) is 0 Å². The van der Waals surface area contributed by atoms with Crippen LogP contribution in [0.1, 0.15) is 11.1 Å². The number of aliphatic hydroxyl groups is 2. The maximum absolute atomic E-state index is 10.9. The molecule has 20 heavy (non-hydrogen) atoms. The molecule has 3 aromatic rings. The average molecular weight is 267 g/mol. The summed E-state index contributed by atoms with van der Waals surface area (Å²) in [4.78, 5) is 3.14. The van der Waals surface area contributed by atoms with Gasteiger partial charge in [-0.3, -0.25) is 0 Å². The third-order valence-electron chi connectivity index (χ3n) is 3.69. The lowest BCUT2D eigenvalue weighted by molar-refractivity contribution is -0.0175. The lowest BCUT2D eigenvalue weighted by Gasteiger charge is -2.26. The number of aliphatic hydroxyl groups excluding tert-OH is 1. The van der Waals surface area contributed by atoms with Crippen molar-refractivity contribution in [2.75, 3.05) is 6.61 Å². The molecular formula is C17H17NO2. The Morgan fingerprint density at radius 3 is 2.40 bits per heavy atom. The minimum atomic E-state index is -1.28. The van der Waals surface area contributed by atoms with Crippen LogP contribution in [0, 0.1) is 0 Å². The summed E-state index contributed by atoms with van der Waals surface area (Å²) in [6.45, 7) is -0.316. The molecule has 3 nitrogen and oxygen atoms in total. The Labute approximate surface area is 117 Å². The summed E-state index contributed by atoms with van der Waals surface area (Å²) in [6.07, 6.45) is 2.16. The molecule has 0 bridgehead atoms. The second kappa shape index (κ2) is 5.12. The number of rotatable bonds is 4. The van der Waals surface area contributed by atoms with E-state index in [9.17, 15) is 10.2 Å². The molecule has 1 aromatic heterocycles. The first-order valence-electron chi connectivity index (χ1n) is 6.67. The molecule has 0 aliphatic heterocycles. The van der Waals surface area contributed by atoms with Crippen LogP contribution in [0.4, 0.5) is 0 Å². The topological polar surface area (TPSA) is 56.2 Å². The van der Waals surface area contributed by atoms with Gasteiger partial charge in [-0.2, -0.15) is 0 Å². The molecule has 102 valence electrons. The second-order valence-corrected chi connectivity index (χ2v) is 5.10. The number of aromatic amines is 1. The average Bonchev–Trinajstić information content (AvgIpc) is 2.93. The number of benzene rings is 2. The lowest BCUT2D eigenvalue weighted by Crippen LogP contribution is -2.32. The van der Waals surface area contributed by atoms with Gasteiger partial charge in [0.25, 0.3) is 0 Å². The van der Waals surface area contributed by atoms with Gasteiger partial charge >= 0.3 is 0 Å². The van der Waals surface area contributed by atoms with Crippen molar-refractivity contribution in [3.05, 3.63) is 71.9 Å². The van der Waals surface area contributed by atoms with Gasteiger partial charge in [0.2, 0.25) is 0 Å². The standard InChI is InChI=1S/C17H17NO2/c19-12-17(20,10-13-6-2-1-3-7-13)15-11-18-16-9-5-4-8-14(15)16/h1-9,11,18-20H,10,12H2. The van der Waals surface area contributed by atoms with Crippen LogP contribution in [0.25, 0.3) is 10.9 Å². The van der Waals surface area contributed by atoms with E-state index < -0.39 is 5.60 Å². The zero-order valence-electron chi connectivity index (χ0n) is 11.1. The van der Waals surface area contributed by atoms with E-state index in [1.807, 2.05) is 54.6 Å². The Bertz CT molecular complexity index is 705. The number of H-pyrrole nitrogens is 1. The van der Waals surface area contributed by atoms with E-state index in [1.165, 1.54) is 0 Å². The monoisotopic (exact) mass is 267 g/mol. The first-order valence-corrected chi connectivity index (χ1v) is 6.67. The summed E-state index contributed by atoms with van der Waals surface area (Å²) in [7, 11) is 0. The fourth-order valence-electron chi connectivity index (χ4n) is 2.63. The van der Waals surface area contributed by atoms with Gasteiger partial charge in [-0.1, -0.05) is 48.5 Å². The number of hydrogen-bond acceptors (Lipinski definition) is 2. The first-order chi connectivity index (χ1) is 9.73. The second-order valence-electron chi connectivity index (χ2n) is 5.10. The van der Waals surface area contributed by atoms with E-state index in [2.05, 4.69) is 4.98 Å². The van der Waals surface area contributed by atoms with E-state index >= 15 is 0 Å². The fraction of sp³-hybridized carbons (Fsp3) is 0.176. The van der Waals surface area contributed by atoms with Crippen LogP contribution in [0.2, 0.25) is 0 Å². The molecule has 0 aliphatic rings. The zero-order valence-corrected chi connectivity index (χ0v) is 11.1. The molecule has 2 aromatic carbocycles. The predicted octanol–water partition coefficient (Wildman–Crippen LogP) is 2.59. The smallest absolute Gasteiger partial charge is 0.119 e.